The lowest BCUT2D eigenvalue weighted by Gasteiger charge is -1.99. The van der Waals surface area contributed by atoms with Crippen LogP contribution in [0.15, 0.2) is 29.1 Å². The number of methoxy groups -OCH3 is 2. The van der Waals surface area contributed by atoms with Crippen molar-refractivity contribution in [2.24, 2.45) is 0 Å². The van der Waals surface area contributed by atoms with Crippen molar-refractivity contribution in [3.63, 3.8) is 0 Å². The number of pyridine rings is 2. The predicted octanol–water partition coefficient (Wildman–Crippen LogP) is 2.65. The van der Waals surface area contributed by atoms with Crippen LogP contribution in [0.1, 0.15) is 26.4 Å². The topological polar surface area (TPSA) is 102 Å². The van der Waals surface area contributed by atoms with E-state index < -0.39 is 23.6 Å². The molecule has 0 spiro atoms. The van der Waals surface area contributed by atoms with Crippen molar-refractivity contribution in [3.8, 4) is 6.07 Å². The molecule has 0 radical (unpaired) electrons. The number of ether oxygens (including phenoxy) is 2. The van der Waals surface area contributed by atoms with Crippen molar-refractivity contribution in [1.82, 2.24) is 9.97 Å². The summed E-state index contributed by atoms with van der Waals surface area (Å²) in [6, 6.07) is 4.00. The molecule has 0 unspecified atom stereocenters. The maximum Gasteiger partial charge on any atom is 0.341 e. The summed E-state index contributed by atoms with van der Waals surface area (Å²) >= 11 is 3.01. The van der Waals surface area contributed by atoms with Crippen molar-refractivity contribution in [1.29, 1.82) is 5.26 Å². The quantitative estimate of drug-likeness (QED) is 0.550. The van der Waals surface area contributed by atoms with E-state index in [0.717, 1.165) is 25.6 Å². The van der Waals surface area contributed by atoms with Crippen molar-refractivity contribution in [2.75, 3.05) is 14.2 Å². The first kappa shape index (κ1) is 20.1. The summed E-state index contributed by atoms with van der Waals surface area (Å²) in [5, 5.41) is 8.42. The molecule has 0 atom stereocenters. The first-order chi connectivity index (χ1) is 11.8. The summed E-state index contributed by atoms with van der Waals surface area (Å²) < 4.78 is 34.7. The average molecular weight is 414 g/mol. The maximum absolute atomic E-state index is 12.9. The number of carbonyl (C=O) groups is 2. The monoisotopic (exact) mass is 413 g/mol. The zero-order chi connectivity index (χ0) is 19.0. The fourth-order valence-electron chi connectivity index (χ4n) is 1.45. The predicted molar refractivity (Wildman–Crippen MR) is 83.5 cm³/mol. The smallest absolute Gasteiger partial charge is 0.341 e. The lowest BCUT2D eigenvalue weighted by Crippen LogP contribution is -2.05. The Balaban J connectivity index is 0.000000251. The Kier molecular flexibility index (Phi) is 7.55. The van der Waals surface area contributed by atoms with Crippen LogP contribution >= 0.6 is 15.9 Å². The Morgan fingerprint density at radius 3 is 2.00 bits per heavy atom. The zero-order valence-electron chi connectivity index (χ0n) is 12.9. The maximum atomic E-state index is 12.9. The van der Waals surface area contributed by atoms with E-state index in [4.69, 9.17) is 5.26 Å². The first-order valence-corrected chi connectivity index (χ1v) is 7.16. The Hall–Kier alpha value is -2.93. The molecule has 0 aliphatic rings. The van der Waals surface area contributed by atoms with Gasteiger partial charge in [0.15, 0.2) is 11.6 Å². The van der Waals surface area contributed by atoms with Gasteiger partial charge in [0.05, 0.1) is 37.7 Å². The minimum Gasteiger partial charge on any atom is -0.465 e. The molecule has 0 bridgehead atoms. The van der Waals surface area contributed by atoms with Crippen LogP contribution < -0.4 is 0 Å². The van der Waals surface area contributed by atoms with Gasteiger partial charge in [0.2, 0.25) is 0 Å². The highest BCUT2D eigenvalue weighted by molar-refractivity contribution is 9.10. The van der Waals surface area contributed by atoms with E-state index in [1.54, 1.807) is 6.07 Å². The Morgan fingerprint density at radius 2 is 1.52 bits per heavy atom. The molecule has 0 saturated heterocycles. The standard InChI is InChI=1S/C8H5FN2O2.C7H5BrFNO2/c1-13-8(12)6-2-5(3-10)11-4-7(6)9;1-12-7(11)4-2-6(8)10-3-5(4)9/h2,4H,1H3;2-3H,1H3. The summed E-state index contributed by atoms with van der Waals surface area (Å²) in [5.74, 6) is -3.03. The molecule has 25 heavy (non-hydrogen) atoms. The number of esters is 2. The van der Waals surface area contributed by atoms with Crippen LogP contribution in [-0.2, 0) is 9.47 Å². The highest BCUT2D eigenvalue weighted by Gasteiger charge is 2.13. The van der Waals surface area contributed by atoms with E-state index in [1.807, 2.05) is 0 Å². The van der Waals surface area contributed by atoms with Gasteiger partial charge in [0, 0.05) is 0 Å². The van der Waals surface area contributed by atoms with E-state index in [2.05, 4.69) is 35.4 Å². The molecule has 0 saturated carbocycles. The van der Waals surface area contributed by atoms with Crippen LogP contribution in [0.2, 0.25) is 0 Å². The van der Waals surface area contributed by atoms with Crippen LogP contribution in [0, 0.1) is 23.0 Å². The number of nitrogens with zero attached hydrogens (tertiary/aromatic N) is 3. The van der Waals surface area contributed by atoms with E-state index in [9.17, 15) is 18.4 Å². The van der Waals surface area contributed by atoms with Crippen molar-refractivity contribution >= 4 is 27.9 Å². The molecule has 0 aliphatic heterocycles. The third-order valence-corrected chi connectivity index (χ3v) is 3.04. The van der Waals surface area contributed by atoms with E-state index >= 15 is 0 Å². The van der Waals surface area contributed by atoms with Gasteiger partial charge in [-0.05, 0) is 28.1 Å². The Labute approximate surface area is 149 Å². The van der Waals surface area contributed by atoms with Gasteiger partial charge in [-0.3, -0.25) is 0 Å². The normalized spacial score (nSPS) is 9.28. The largest absolute Gasteiger partial charge is 0.465 e. The molecule has 2 aromatic heterocycles. The number of halogens is 3. The van der Waals surface area contributed by atoms with E-state index in [1.165, 1.54) is 13.2 Å². The fourth-order valence-corrected chi connectivity index (χ4v) is 1.78. The number of aromatic nitrogens is 2. The second-order valence-corrected chi connectivity index (χ2v) is 4.94. The van der Waals surface area contributed by atoms with Gasteiger partial charge in [0.25, 0.3) is 0 Å². The molecule has 7 nitrogen and oxygen atoms in total. The number of rotatable bonds is 2. The molecule has 2 heterocycles. The molecular weight excluding hydrogens is 404 g/mol. The van der Waals surface area contributed by atoms with Crippen LogP contribution in [0.5, 0.6) is 0 Å². The SMILES string of the molecule is COC(=O)c1cc(Br)ncc1F.COC(=O)c1cc(C#N)ncc1F. The number of carbonyl (C=O) groups excluding carboxylic acids is 2. The van der Waals surface area contributed by atoms with Crippen molar-refractivity contribution in [3.05, 3.63) is 57.6 Å². The summed E-state index contributed by atoms with van der Waals surface area (Å²) in [6.45, 7) is 0. The summed E-state index contributed by atoms with van der Waals surface area (Å²) in [5.41, 5.74) is -0.435. The lowest BCUT2D eigenvalue weighted by molar-refractivity contribution is 0.0586. The second-order valence-electron chi connectivity index (χ2n) is 4.13. The van der Waals surface area contributed by atoms with Gasteiger partial charge in [-0.25, -0.2) is 28.3 Å². The minimum atomic E-state index is -0.823. The molecule has 2 rings (SSSR count). The number of nitriles is 1. The second kappa shape index (κ2) is 9.39. The molecule has 0 aliphatic carbocycles. The van der Waals surface area contributed by atoms with Crippen LogP contribution in [0.25, 0.3) is 0 Å². The van der Waals surface area contributed by atoms with Crippen LogP contribution in [0.3, 0.4) is 0 Å². The summed E-state index contributed by atoms with van der Waals surface area (Å²) in [6.07, 6.45) is 1.77. The van der Waals surface area contributed by atoms with Crippen LogP contribution in [0.4, 0.5) is 8.78 Å². The van der Waals surface area contributed by atoms with Gasteiger partial charge in [-0.1, -0.05) is 0 Å². The Bertz CT molecular complexity index is 840. The Morgan fingerprint density at radius 1 is 1.04 bits per heavy atom. The zero-order valence-corrected chi connectivity index (χ0v) is 14.5. The lowest BCUT2D eigenvalue weighted by atomic mass is 10.2. The highest BCUT2D eigenvalue weighted by atomic mass is 79.9. The molecular formula is C15H10BrF2N3O4. The van der Waals surface area contributed by atoms with E-state index in [-0.39, 0.29) is 16.8 Å². The average Bonchev–Trinajstić information content (AvgIpc) is 2.63. The highest BCUT2D eigenvalue weighted by Crippen LogP contribution is 2.13. The number of hydrogen-bond donors (Lipinski definition) is 0. The van der Waals surface area contributed by atoms with E-state index in [0.29, 0.717) is 4.60 Å². The van der Waals surface area contributed by atoms with Gasteiger partial charge >= 0.3 is 11.9 Å². The molecule has 2 aromatic rings. The van der Waals surface area contributed by atoms with Crippen molar-refractivity contribution in [2.45, 2.75) is 0 Å². The third-order valence-electron chi connectivity index (χ3n) is 2.60. The number of hydrogen-bond acceptors (Lipinski definition) is 7. The third kappa shape index (κ3) is 5.58. The van der Waals surface area contributed by atoms with Crippen LogP contribution in [-0.4, -0.2) is 36.1 Å². The van der Waals surface area contributed by atoms with Crippen molar-refractivity contribution < 1.29 is 27.8 Å². The summed E-state index contributed by atoms with van der Waals surface area (Å²) in [7, 11) is 2.32. The molecule has 0 aromatic carbocycles. The molecule has 0 fully saturated rings. The van der Waals surface area contributed by atoms with Gasteiger partial charge in [-0.2, -0.15) is 5.26 Å². The molecule has 10 heteroatoms. The minimum absolute atomic E-state index is 0.0261. The first-order valence-electron chi connectivity index (χ1n) is 6.37. The molecule has 0 amide bonds. The van der Waals surface area contributed by atoms with Gasteiger partial charge < -0.3 is 9.47 Å². The fraction of sp³-hybridized carbons (Fsp3) is 0.133. The molecule has 130 valence electrons. The molecule has 0 N–H and O–H groups in total. The van der Waals surface area contributed by atoms with Gasteiger partial charge in [0.1, 0.15) is 16.4 Å². The van der Waals surface area contributed by atoms with Gasteiger partial charge in [-0.15, -0.1) is 0 Å². The summed E-state index contributed by atoms with van der Waals surface area (Å²) in [4.78, 5) is 28.8.